The fraction of sp³-hybridized carbons (Fsp3) is 0.400. The molecule has 2 atom stereocenters. The van der Waals surface area contributed by atoms with E-state index < -0.39 is 4.51 Å². The maximum Gasteiger partial charge on any atom is 0.154 e. The third-order valence-electron chi connectivity index (χ3n) is 2.43. The first kappa shape index (κ1) is 9.19. The van der Waals surface area contributed by atoms with Gasteiger partial charge in [0.15, 0.2) is 4.51 Å². The van der Waals surface area contributed by atoms with Crippen molar-refractivity contribution in [3.63, 3.8) is 0 Å². The van der Waals surface area contributed by atoms with Crippen molar-refractivity contribution in [2.45, 2.75) is 10.4 Å². The van der Waals surface area contributed by atoms with Gasteiger partial charge in [0.05, 0.1) is 13.2 Å². The Bertz CT molecular complexity index is 284. The highest BCUT2D eigenvalue weighted by molar-refractivity contribution is 9.10. The molecule has 2 nitrogen and oxygen atoms in total. The first-order valence-electron chi connectivity index (χ1n) is 4.25. The Kier molecular flexibility index (Phi) is 2.41. The van der Waals surface area contributed by atoms with E-state index in [0.717, 1.165) is 0 Å². The predicted molar refractivity (Wildman–Crippen MR) is 53.9 cm³/mol. The van der Waals surface area contributed by atoms with Crippen LogP contribution in [0.4, 0.5) is 0 Å². The second-order valence-corrected chi connectivity index (χ2v) is 4.56. The summed E-state index contributed by atoms with van der Waals surface area (Å²) in [7, 11) is 0. The molecule has 0 aromatic heterocycles. The highest BCUT2D eigenvalue weighted by Gasteiger charge is 2.46. The number of benzene rings is 1. The van der Waals surface area contributed by atoms with Crippen LogP contribution in [0.5, 0.6) is 0 Å². The largest absolute Gasteiger partial charge is 0.392 e. The van der Waals surface area contributed by atoms with Crippen LogP contribution in [0.15, 0.2) is 30.3 Å². The van der Waals surface area contributed by atoms with Crippen LogP contribution in [0.2, 0.25) is 0 Å². The molecule has 1 aliphatic rings. The highest BCUT2D eigenvalue weighted by atomic mass is 79.9. The van der Waals surface area contributed by atoms with Gasteiger partial charge in [0.2, 0.25) is 0 Å². The monoisotopic (exact) mass is 242 g/mol. The maximum atomic E-state index is 9.11. The summed E-state index contributed by atoms with van der Waals surface area (Å²) in [5, 5.41) is 9.11. The molecule has 2 unspecified atom stereocenters. The van der Waals surface area contributed by atoms with E-state index in [1.165, 1.54) is 5.56 Å². The van der Waals surface area contributed by atoms with E-state index in [9.17, 15) is 0 Å². The van der Waals surface area contributed by atoms with Gasteiger partial charge in [-0.25, -0.2) is 0 Å². The molecule has 0 amide bonds. The second-order valence-electron chi connectivity index (χ2n) is 3.22. The van der Waals surface area contributed by atoms with Gasteiger partial charge in [0.25, 0.3) is 0 Å². The van der Waals surface area contributed by atoms with Crippen LogP contribution in [0.1, 0.15) is 11.5 Å². The molecule has 0 radical (unpaired) electrons. The van der Waals surface area contributed by atoms with Crippen molar-refractivity contribution < 1.29 is 9.84 Å². The fourth-order valence-electron chi connectivity index (χ4n) is 1.53. The van der Waals surface area contributed by atoms with E-state index >= 15 is 0 Å². The van der Waals surface area contributed by atoms with Gasteiger partial charge in [-0.05, 0) is 5.56 Å². The number of ether oxygens (including phenoxy) is 1. The molecule has 0 spiro atoms. The lowest BCUT2D eigenvalue weighted by Crippen LogP contribution is -2.49. The van der Waals surface area contributed by atoms with Crippen molar-refractivity contribution in [3.05, 3.63) is 35.9 Å². The summed E-state index contributed by atoms with van der Waals surface area (Å²) in [6, 6.07) is 10.1. The number of hydrogen-bond donors (Lipinski definition) is 1. The van der Waals surface area contributed by atoms with E-state index in [1.54, 1.807) is 0 Å². The van der Waals surface area contributed by atoms with E-state index in [4.69, 9.17) is 9.84 Å². The van der Waals surface area contributed by atoms with E-state index in [2.05, 4.69) is 28.1 Å². The van der Waals surface area contributed by atoms with Crippen LogP contribution < -0.4 is 0 Å². The van der Waals surface area contributed by atoms with Crippen LogP contribution in [-0.2, 0) is 4.74 Å². The molecule has 0 bridgehead atoms. The maximum absolute atomic E-state index is 9.11. The van der Waals surface area contributed by atoms with Gasteiger partial charge in [0, 0.05) is 5.92 Å². The first-order chi connectivity index (χ1) is 6.26. The van der Waals surface area contributed by atoms with Crippen molar-refractivity contribution in [2.24, 2.45) is 0 Å². The quantitative estimate of drug-likeness (QED) is 0.803. The number of halogens is 1. The third-order valence-corrected chi connectivity index (χ3v) is 3.46. The Hall–Kier alpha value is -0.380. The first-order valence-corrected chi connectivity index (χ1v) is 5.04. The summed E-state index contributed by atoms with van der Waals surface area (Å²) in [5.41, 5.74) is 1.21. The number of rotatable bonds is 2. The van der Waals surface area contributed by atoms with Crippen molar-refractivity contribution >= 4 is 15.9 Å². The Labute approximate surface area is 85.7 Å². The minimum absolute atomic E-state index is 0.00651. The number of alkyl halides is 1. The molecule has 13 heavy (non-hydrogen) atoms. The fourth-order valence-corrected chi connectivity index (χ4v) is 2.06. The predicted octanol–water partition coefficient (Wildman–Crippen LogP) is 1.88. The topological polar surface area (TPSA) is 29.5 Å². The molecule has 3 heteroatoms. The van der Waals surface area contributed by atoms with Gasteiger partial charge >= 0.3 is 0 Å². The number of hydrogen-bond acceptors (Lipinski definition) is 2. The Balaban J connectivity index is 2.20. The summed E-state index contributed by atoms with van der Waals surface area (Å²) < 4.78 is 4.75. The lowest BCUT2D eigenvalue weighted by atomic mass is 9.90. The standard InChI is InChI=1S/C10H11BrO2/c11-10(7-12)9(6-13-10)8-4-2-1-3-5-8/h1-5,9,12H,6-7H2. The van der Waals surface area contributed by atoms with Gasteiger partial charge in [0.1, 0.15) is 0 Å². The molecular weight excluding hydrogens is 232 g/mol. The highest BCUT2D eigenvalue weighted by Crippen LogP contribution is 2.45. The molecule has 1 aromatic rings. The van der Waals surface area contributed by atoms with Crippen LogP contribution in [0.25, 0.3) is 0 Å². The van der Waals surface area contributed by atoms with Gasteiger partial charge in [-0.3, -0.25) is 0 Å². The molecule has 1 aromatic carbocycles. The van der Waals surface area contributed by atoms with Gasteiger partial charge in [-0.1, -0.05) is 46.3 Å². The summed E-state index contributed by atoms with van der Waals surface area (Å²) in [4.78, 5) is 0. The normalized spacial score (nSPS) is 32.6. The van der Waals surface area contributed by atoms with E-state index in [-0.39, 0.29) is 12.5 Å². The van der Waals surface area contributed by atoms with Crippen LogP contribution in [0.3, 0.4) is 0 Å². The van der Waals surface area contributed by atoms with E-state index in [0.29, 0.717) is 6.61 Å². The van der Waals surface area contributed by atoms with Crippen molar-refractivity contribution in [1.82, 2.24) is 0 Å². The molecule has 1 aliphatic heterocycles. The van der Waals surface area contributed by atoms with Crippen molar-refractivity contribution in [1.29, 1.82) is 0 Å². The summed E-state index contributed by atoms with van der Waals surface area (Å²) in [6.07, 6.45) is 0. The molecule has 1 saturated heterocycles. The van der Waals surface area contributed by atoms with Gasteiger partial charge in [-0.15, -0.1) is 0 Å². The lowest BCUT2D eigenvalue weighted by molar-refractivity contribution is -0.122. The molecule has 0 aliphatic carbocycles. The number of aliphatic hydroxyl groups excluding tert-OH is 1. The van der Waals surface area contributed by atoms with E-state index in [1.807, 2.05) is 18.2 Å². The molecule has 70 valence electrons. The minimum Gasteiger partial charge on any atom is -0.392 e. The van der Waals surface area contributed by atoms with Crippen molar-refractivity contribution in [2.75, 3.05) is 13.2 Å². The summed E-state index contributed by atoms with van der Waals surface area (Å²) >= 11 is 3.40. The zero-order chi connectivity index (χ0) is 9.31. The SMILES string of the molecule is OCC1(Br)OCC1c1ccccc1. The van der Waals surface area contributed by atoms with Crippen LogP contribution in [-0.4, -0.2) is 22.8 Å². The Morgan fingerprint density at radius 2 is 2.15 bits per heavy atom. The molecule has 1 heterocycles. The third kappa shape index (κ3) is 1.52. The summed E-state index contributed by atoms with van der Waals surface area (Å²) in [5.74, 6) is 0.263. The average molecular weight is 243 g/mol. The molecule has 0 saturated carbocycles. The Morgan fingerprint density at radius 1 is 1.46 bits per heavy atom. The molecule has 1 fully saturated rings. The second kappa shape index (κ2) is 3.40. The van der Waals surface area contributed by atoms with Crippen LogP contribution in [0, 0.1) is 0 Å². The molecular formula is C10H11BrO2. The zero-order valence-electron chi connectivity index (χ0n) is 7.11. The van der Waals surface area contributed by atoms with Crippen molar-refractivity contribution in [3.8, 4) is 0 Å². The van der Waals surface area contributed by atoms with Crippen LogP contribution >= 0.6 is 15.9 Å². The zero-order valence-corrected chi connectivity index (χ0v) is 8.70. The average Bonchev–Trinajstić information content (AvgIpc) is 2.17. The summed E-state index contributed by atoms with van der Waals surface area (Å²) in [6.45, 7) is 0.683. The van der Waals surface area contributed by atoms with Gasteiger partial charge < -0.3 is 9.84 Å². The Morgan fingerprint density at radius 3 is 2.62 bits per heavy atom. The lowest BCUT2D eigenvalue weighted by Gasteiger charge is -2.44. The molecule has 2 rings (SSSR count). The van der Waals surface area contributed by atoms with Gasteiger partial charge in [-0.2, -0.15) is 0 Å². The molecule has 1 N–H and O–H groups in total. The number of aliphatic hydroxyl groups is 1. The smallest absolute Gasteiger partial charge is 0.154 e. The minimum atomic E-state index is -0.547.